The molecule has 1 aliphatic rings. The van der Waals surface area contributed by atoms with Crippen LogP contribution in [0.3, 0.4) is 0 Å². The number of phenolic OH excluding ortho intramolecular Hbond substituents is 1. The van der Waals surface area contributed by atoms with Crippen LogP contribution in [0.4, 0.5) is 0 Å². The third-order valence-electron chi connectivity index (χ3n) is 3.08. The molecule has 4 heteroatoms. The van der Waals surface area contributed by atoms with E-state index in [9.17, 15) is 10.2 Å². The number of aromatic hydroxyl groups is 1. The van der Waals surface area contributed by atoms with Crippen molar-refractivity contribution in [2.24, 2.45) is 4.99 Å². The highest BCUT2D eigenvalue weighted by atomic mass is 79.9. The van der Waals surface area contributed by atoms with Gasteiger partial charge in [0, 0.05) is 16.3 Å². The first-order valence-electron chi connectivity index (χ1n) is 5.85. The number of halogens is 1. The molecule has 0 heterocycles. The second-order valence-corrected chi connectivity index (χ2v) is 5.36. The number of phenols is 1. The zero-order valence-corrected chi connectivity index (χ0v) is 11.1. The fraction of sp³-hybridized carbons (Fsp3) is 0.462. The predicted molar refractivity (Wildman–Crippen MR) is 71.7 cm³/mol. The summed E-state index contributed by atoms with van der Waals surface area (Å²) in [6.45, 7) is 0. The number of rotatable bonds is 2. The standard InChI is InChI=1S/C13H16BrNO2/c14-10-1-6-13(17)9(7-10)8-15-11-2-4-12(16)5-3-11/h1,6-8,11-12,16-17H,2-5H2/t11-,12-. The number of aliphatic hydroxyl groups excluding tert-OH is 1. The van der Waals surface area contributed by atoms with Gasteiger partial charge in [0.2, 0.25) is 0 Å². The average molecular weight is 298 g/mol. The highest BCUT2D eigenvalue weighted by Crippen LogP contribution is 2.23. The molecule has 2 rings (SSSR count). The summed E-state index contributed by atoms with van der Waals surface area (Å²) in [4.78, 5) is 4.47. The van der Waals surface area contributed by atoms with Gasteiger partial charge in [0.05, 0.1) is 12.1 Å². The molecule has 1 saturated carbocycles. The van der Waals surface area contributed by atoms with Crippen LogP contribution in [0, 0.1) is 0 Å². The van der Waals surface area contributed by atoms with E-state index >= 15 is 0 Å². The smallest absolute Gasteiger partial charge is 0.124 e. The van der Waals surface area contributed by atoms with Gasteiger partial charge in [0.25, 0.3) is 0 Å². The van der Waals surface area contributed by atoms with Gasteiger partial charge < -0.3 is 10.2 Å². The molecule has 0 aliphatic heterocycles. The summed E-state index contributed by atoms with van der Waals surface area (Å²) in [5.74, 6) is 0.243. The van der Waals surface area contributed by atoms with Crippen molar-refractivity contribution in [3.05, 3.63) is 28.2 Å². The normalized spacial score (nSPS) is 25.3. The van der Waals surface area contributed by atoms with Crippen molar-refractivity contribution in [2.45, 2.75) is 37.8 Å². The maximum Gasteiger partial charge on any atom is 0.124 e. The SMILES string of the molecule is Oc1ccc(Br)cc1C=N[C@H]1CC[C@H](O)CC1. The molecule has 0 spiro atoms. The van der Waals surface area contributed by atoms with Crippen LogP contribution in [0.15, 0.2) is 27.7 Å². The van der Waals surface area contributed by atoms with Crippen molar-refractivity contribution in [2.75, 3.05) is 0 Å². The van der Waals surface area contributed by atoms with Crippen LogP contribution < -0.4 is 0 Å². The minimum absolute atomic E-state index is 0.152. The van der Waals surface area contributed by atoms with E-state index in [1.165, 1.54) is 0 Å². The van der Waals surface area contributed by atoms with Crippen molar-refractivity contribution in [1.29, 1.82) is 0 Å². The summed E-state index contributed by atoms with van der Waals surface area (Å²) < 4.78 is 0.927. The van der Waals surface area contributed by atoms with E-state index in [0.717, 1.165) is 35.7 Å². The predicted octanol–water partition coefficient (Wildman–Crippen LogP) is 2.88. The van der Waals surface area contributed by atoms with Gasteiger partial charge >= 0.3 is 0 Å². The summed E-state index contributed by atoms with van der Waals surface area (Å²) in [5, 5.41) is 19.0. The molecule has 3 nitrogen and oxygen atoms in total. The van der Waals surface area contributed by atoms with E-state index < -0.39 is 0 Å². The maximum absolute atomic E-state index is 9.65. The molecule has 0 saturated heterocycles. The molecule has 1 aliphatic carbocycles. The Kier molecular flexibility index (Phi) is 4.18. The van der Waals surface area contributed by atoms with E-state index in [1.54, 1.807) is 18.3 Å². The second kappa shape index (κ2) is 5.65. The summed E-state index contributed by atoms with van der Waals surface area (Å²) in [5.41, 5.74) is 0.727. The molecule has 0 atom stereocenters. The average Bonchev–Trinajstić information content (AvgIpc) is 2.32. The van der Waals surface area contributed by atoms with Crippen molar-refractivity contribution in [3.63, 3.8) is 0 Å². The minimum Gasteiger partial charge on any atom is -0.507 e. The number of hydrogen-bond acceptors (Lipinski definition) is 3. The number of benzene rings is 1. The third kappa shape index (κ3) is 3.54. The van der Waals surface area contributed by atoms with Gasteiger partial charge in [0.15, 0.2) is 0 Å². The molecule has 1 aromatic rings. The molecule has 0 aromatic heterocycles. The molecule has 0 bridgehead atoms. The Labute approximate surface area is 109 Å². The topological polar surface area (TPSA) is 52.8 Å². The number of aliphatic imine (C=N–C) groups is 1. The second-order valence-electron chi connectivity index (χ2n) is 4.44. The Balaban J connectivity index is 2.02. The highest BCUT2D eigenvalue weighted by Gasteiger charge is 2.17. The molecular weight excluding hydrogens is 282 g/mol. The van der Waals surface area contributed by atoms with E-state index in [1.807, 2.05) is 6.07 Å². The van der Waals surface area contributed by atoms with Crippen molar-refractivity contribution in [3.8, 4) is 5.75 Å². The maximum atomic E-state index is 9.65. The van der Waals surface area contributed by atoms with Gasteiger partial charge in [0.1, 0.15) is 5.75 Å². The lowest BCUT2D eigenvalue weighted by atomic mass is 9.93. The fourth-order valence-electron chi connectivity index (χ4n) is 2.02. The Morgan fingerprint density at radius 3 is 2.65 bits per heavy atom. The van der Waals surface area contributed by atoms with Crippen LogP contribution in [-0.4, -0.2) is 28.6 Å². The quantitative estimate of drug-likeness (QED) is 0.825. The Morgan fingerprint density at radius 2 is 1.94 bits per heavy atom. The zero-order chi connectivity index (χ0) is 12.3. The van der Waals surface area contributed by atoms with Gasteiger partial charge in [-0.25, -0.2) is 0 Å². The van der Waals surface area contributed by atoms with Crippen LogP contribution in [0.2, 0.25) is 0 Å². The van der Waals surface area contributed by atoms with Gasteiger partial charge in [-0.15, -0.1) is 0 Å². The summed E-state index contributed by atoms with van der Waals surface area (Å²) in [6.07, 6.45) is 5.07. The molecule has 2 N–H and O–H groups in total. The first kappa shape index (κ1) is 12.6. The molecule has 0 amide bonds. The number of aliphatic hydroxyl groups is 1. The number of hydrogen-bond donors (Lipinski definition) is 2. The van der Waals surface area contributed by atoms with Crippen LogP contribution in [0.25, 0.3) is 0 Å². The zero-order valence-electron chi connectivity index (χ0n) is 9.51. The number of nitrogens with zero attached hydrogens (tertiary/aromatic N) is 1. The van der Waals surface area contributed by atoms with E-state index in [0.29, 0.717) is 0 Å². The Hall–Kier alpha value is -0.870. The van der Waals surface area contributed by atoms with Crippen LogP contribution >= 0.6 is 15.9 Å². The lowest BCUT2D eigenvalue weighted by Gasteiger charge is -2.22. The van der Waals surface area contributed by atoms with E-state index in [-0.39, 0.29) is 17.9 Å². The Morgan fingerprint density at radius 1 is 1.24 bits per heavy atom. The first-order chi connectivity index (χ1) is 8.15. The summed E-state index contributed by atoms with van der Waals surface area (Å²) in [7, 11) is 0. The molecule has 17 heavy (non-hydrogen) atoms. The van der Waals surface area contributed by atoms with Gasteiger partial charge in [-0.1, -0.05) is 15.9 Å². The fourth-order valence-corrected chi connectivity index (χ4v) is 2.40. The highest BCUT2D eigenvalue weighted by molar-refractivity contribution is 9.10. The first-order valence-corrected chi connectivity index (χ1v) is 6.64. The molecule has 1 fully saturated rings. The molecule has 92 valence electrons. The third-order valence-corrected chi connectivity index (χ3v) is 3.57. The van der Waals surface area contributed by atoms with Gasteiger partial charge in [-0.05, 0) is 43.9 Å². The largest absolute Gasteiger partial charge is 0.507 e. The summed E-state index contributed by atoms with van der Waals surface area (Å²) in [6, 6.07) is 5.56. The lowest BCUT2D eigenvalue weighted by Crippen LogP contribution is -2.20. The van der Waals surface area contributed by atoms with Crippen molar-refractivity contribution >= 4 is 22.1 Å². The Bertz CT molecular complexity index is 412. The molecule has 0 unspecified atom stereocenters. The van der Waals surface area contributed by atoms with Crippen LogP contribution in [0.1, 0.15) is 31.2 Å². The van der Waals surface area contributed by atoms with Crippen LogP contribution in [0.5, 0.6) is 5.75 Å². The monoisotopic (exact) mass is 297 g/mol. The molecule has 0 radical (unpaired) electrons. The van der Waals surface area contributed by atoms with Crippen LogP contribution in [-0.2, 0) is 0 Å². The van der Waals surface area contributed by atoms with Crippen molar-refractivity contribution in [1.82, 2.24) is 0 Å². The van der Waals surface area contributed by atoms with Crippen molar-refractivity contribution < 1.29 is 10.2 Å². The van der Waals surface area contributed by atoms with Gasteiger partial charge in [-0.3, -0.25) is 4.99 Å². The minimum atomic E-state index is -0.152. The summed E-state index contributed by atoms with van der Waals surface area (Å²) >= 11 is 3.36. The van der Waals surface area contributed by atoms with E-state index in [2.05, 4.69) is 20.9 Å². The molecule has 1 aromatic carbocycles. The molecular formula is C13H16BrNO2. The van der Waals surface area contributed by atoms with Gasteiger partial charge in [-0.2, -0.15) is 0 Å². The van der Waals surface area contributed by atoms with E-state index in [4.69, 9.17) is 0 Å². The lowest BCUT2D eigenvalue weighted by molar-refractivity contribution is 0.123.